The van der Waals surface area contributed by atoms with Gasteiger partial charge >= 0.3 is 0 Å². The van der Waals surface area contributed by atoms with Crippen LogP contribution >= 0.6 is 0 Å². The lowest BCUT2D eigenvalue weighted by atomic mass is 9.99. The van der Waals surface area contributed by atoms with Crippen LogP contribution < -0.4 is 4.74 Å². The molecule has 2 aromatic rings. The van der Waals surface area contributed by atoms with Gasteiger partial charge in [0.15, 0.2) is 0 Å². The van der Waals surface area contributed by atoms with Gasteiger partial charge in [0.25, 0.3) is 5.91 Å². The number of nitrogens with zero attached hydrogens (tertiary/aromatic N) is 3. The molecule has 0 spiro atoms. The molecule has 8 heteroatoms. The Hall–Kier alpha value is -3.00. The first-order valence-electron chi connectivity index (χ1n) is 10.3. The van der Waals surface area contributed by atoms with E-state index in [1.165, 1.54) is 19.1 Å². The van der Waals surface area contributed by atoms with Crippen LogP contribution in [0.5, 0.6) is 5.88 Å². The lowest BCUT2D eigenvalue weighted by Crippen LogP contribution is -2.50. The van der Waals surface area contributed by atoms with Crippen LogP contribution in [0.2, 0.25) is 0 Å². The number of hydrogen-bond donors (Lipinski definition) is 1. The molecule has 3 atom stereocenters. The van der Waals surface area contributed by atoms with Crippen LogP contribution in [0.3, 0.4) is 0 Å². The first-order valence-corrected chi connectivity index (χ1v) is 10.3. The second kappa shape index (κ2) is 9.43. The number of benzene rings is 1. The molecule has 0 fully saturated rings. The van der Waals surface area contributed by atoms with Gasteiger partial charge in [0, 0.05) is 38.2 Å². The van der Waals surface area contributed by atoms with Crippen molar-refractivity contribution in [1.82, 2.24) is 14.8 Å². The highest BCUT2D eigenvalue weighted by molar-refractivity contribution is 5.98. The second-order valence-corrected chi connectivity index (χ2v) is 8.11. The minimum absolute atomic E-state index is 0.0934. The van der Waals surface area contributed by atoms with E-state index in [2.05, 4.69) is 4.98 Å². The summed E-state index contributed by atoms with van der Waals surface area (Å²) in [6.45, 7) is 5.68. The van der Waals surface area contributed by atoms with E-state index < -0.39 is 12.1 Å². The van der Waals surface area contributed by atoms with E-state index in [0.717, 1.165) is 0 Å². The molecular weight excluding hydrogens is 401 g/mol. The summed E-state index contributed by atoms with van der Waals surface area (Å²) in [5, 5.41) is 9.71. The molecule has 7 nitrogen and oxygen atoms in total. The fraction of sp³-hybridized carbons (Fsp3) is 0.435. The zero-order chi connectivity index (χ0) is 22.7. The number of fused-ring (bicyclic) bond motifs is 1. The number of aromatic nitrogens is 1. The first kappa shape index (κ1) is 22.7. The Morgan fingerprint density at radius 1 is 1.39 bits per heavy atom. The van der Waals surface area contributed by atoms with Gasteiger partial charge in [0.1, 0.15) is 17.5 Å². The first-order chi connectivity index (χ1) is 14.7. The largest absolute Gasteiger partial charge is 0.472 e. The molecule has 1 aromatic carbocycles. The molecule has 1 aromatic heterocycles. The van der Waals surface area contributed by atoms with Gasteiger partial charge in [0.2, 0.25) is 11.8 Å². The minimum atomic E-state index is -0.412. The summed E-state index contributed by atoms with van der Waals surface area (Å²) in [4.78, 5) is 32.7. The van der Waals surface area contributed by atoms with E-state index in [4.69, 9.17) is 4.74 Å². The van der Waals surface area contributed by atoms with Crippen LogP contribution in [-0.4, -0.2) is 70.6 Å². The zero-order valence-corrected chi connectivity index (χ0v) is 18.2. The minimum Gasteiger partial charge on any atom is -0.472 e. The highest BCUT2D eigenvalue weighted by Crippen LogP contribution is 2.30. The highest BCUT2D eigenvalue weighted by Gasteiger charge is 2.34. The van der Waals surface area contributed by atoms with Gasteiger partial charge in [0.05, 0.1) is 19.2 Å². The Morgan fingerprint density at radius 2 is 2.13 bits per heavy atom. The van der Waals surface area contributed by atoms with E-state index in [1.807, 2.05) is 6.92 Å². The Kier molecular flexibility index (Phi) is 6.90. The van der Waals surface area contributed by atoms with Crippen molar-refractivity contribution < 1.29 is 23.8 Å². The number of carbonyl (C=O) groups is 2. The second-order valence-electron chi connectivity index (χ2n) is 8.11. The number of amides is 2. The third-order valence-corrected chi connectivity index (χ3v) is 5.67. The third-order valence-electron chi connectivity index (χ3n) is 5.67. The van der Waals surface area contributed by atoms with Crippen LogP contribution in [0.25, 0.3) is 11.1 Å². The number of rotatable bonds is 5. The van der Waals surface area contributed by atoms with Gasteiger partial charge in [-0.1, -0.05) is 19.1 Å². The molecule has 2 amide bonds. The summed E-state index contributed by atoms with van der Waals surface area (Å²) in [5.41, 5.74) is 1.41. The van der Waals surface area contributed by atoms with Crippen LogP contribution in [0.4, 0.5) is 4.39 Å². The highest BCUT2D eigenvalue weighted by atomic mass is 19.1. The standard InChI is InChI=1S/C23H28FN3O4/c1-14-11-27(15(2)13-28)23(30)20-9-18(17-6-5-7-19(24)8-17)10-25-22(20)31-21(14)12-26(4)16(3)29/h5-10,14-15,21,28H,11-13H2,1-4H3/t14-,15+,21-/m0/s1. The molecule has 0 saturated heterocycles. The van der Waals surface area contributed by atoms with Crippen LogP contribution in [0.15, 0.2) is 36.5 Å². The zero-order valence-electron chi connectivity index (χ0n) is 18.2. The van der Waals surface area contributed by atoms with E-state index in [9.17, 15) is 19.1 Å². The van der Waals surface area contributed by atoms with Crippen molar-refractivity contribution in [3.8, 4) is 17.0 Å². The summed E-state index contributed by atoms with van der Waals surface area (Å²) in [5.74, 6) is -0.744. The molecule has 1 aliphatic heterocycles. The molecule has 0 unspecified atom stereocenters. The van der Waals surface area contributed by atoms with Gasteiger partial charge < -0.3 is 19.6 Å². The fourth-order valence-electron chi connectivity index (χ4n) is 3.54. The number of carbonyl (C=O) groups excluding carboxylic acids is 2. The van der Waals surface area contributed by atoms with Gasteiger partial charge in [-0.2, -0.15) is 0 Å². The predicted molar refractivity (Wildman–Crippen MR) is 114 cm³/mol. The van der Waals surface area contributed by atoms with Gasteiger partial charge in [-0.3, -0.25) is 9.59 Å². The van der Waals surface area contributed by atoms with Crippen molar-refractivity contribution in [2.24, 2.45) is 5.92 Å². The predicted octanol–water partition coefficient (Wildman–Crippen LogP) is 2.59. The van der Waals surface area contributed by atoms with Crippen molar-refractivity contribution in [3.05, 3.63) is 47.9 Å². The van der Waals surface area contributed by atoms with E-state index in [-0.39, 0.29) is 41.6 Å². The van der Waals surface area contributed by atoms with Crippen molar-refractivity contribution in [2.75, 3.05) is 26.7 Å². The summed E-state index contributed by atoms with van der Waals surface area (Å²) in [6.07, 6.45) is 1.14. The lowest BCUT2D eigenvalue weighted by molar-refractivity contribution is -0.129. The Balaban J connectivity index is 2.06. The summed E-state index contributed by atoms with van der Waals surface area (Å²) < 4.78 is 19.8. The molecule has 166 valence electrons. The summed E-state index contributed by atoms with van der Waals surface area (Å²) in [6, 6.07) is 7.28. The van der Waals surface area contributed by atoms with Crippen LogP contribution in [0.1, 0.15) is 31.1 Å². The quantitative estimate of drug-likeness (QED) is 0.790. The normalized spacial score (nSPS) is 19.7. The maximum absolute atomic E-state index is 13.7. The Labute approximate surface area is 181 Å². The molecule has 2 heterocycles. The number of aliphatic hydroxyl groups is 1. The van der Waals surface area contributed by atoms with Crippen molar-refractivity contribution >= 4 is 11.8 Å². The summed E-state index contributed by atoms with van der Waals surface area (Å²) in [7, 11) is 1.69. The number of aliphatic hydroxyl groups excluding tert-OH is 1. The molecule has 0 aliphatic carbocycles. The average Bonchev–Trinajstić information content (AvgIpc) is 2.75. The molecule has 0 bridgehead atoms. The smallest absolute Gasteiger partial charge is 0.259 e. The lowest BCUT2D eigenvalue weighted by Gasteiger charge is -2.37. The maximum Gasteiger partial charge on any atom is 0.259 e. The average molecular weight is 429 g/mol. The SMILES string of the molecule is CC(=O)N(C)C[C@@H]1Oc2ncc(-c3cccc(F)c3)cc2C(=O)N([C@H](C)CO)C[C@@H]1C. The number of halogens is 1. The fourth-order valence-corrected chi connectivity index (χ4v) is 3.54. The van der Waals surface area contributed by atoms with Gasteiger partial charge in [-0.25, -0.2) is 9.37 Å². The van der Waals surface area contributed by atoms with Gasteiger partial charge in [-0.15, -0.1) is 0 Å². The molecule has 1 N–H and O–H groups in total. The monoisotopic (exact) mass is 429 g/mol. The van der Waals surface area contributed by atoms with Crippen molar-refractivity contribution in [3.63, 3.8) is 0 Å². The Bertz CT molecular complexity index is 968. The summed E-state index contributed by atoms with van der Waals surface area (Å²) >= 11 is 0. The van der Waals surface area contributed by atoms with E-state index in [0.29, 0.717) is 24.2 Å². The molecule has 31 heavy (non-hydrogen) atoms. The molecule has 0 radical (unpaired) electrons. The van der Waals surface area contributed by atoms with Crippen molar-refractivity contribution in [1.29, 1.82) is 0 Å². The third kappa shape index (κ3) is 5.02. The number of likely N-dealkylation sites (N-methyl/N-ethyl adjacent to an activating group) is 1. The van der Waals surface area contributed by atoms with E-state index >= 15 is 0 Å². The number of ether oxygens (including phenoxy) is 1. The van der Waals surface area contributed by atoms with Crippen LogP contribution in [-0.2, 0) is 4.79 Å². The topological polar surface area (TPSA) is 83.0 Å². The Morgan fingerprint density at radius 3 is 2.77 bits per heavy atom. The number of hydrogen-bond acceptors (Lipinski definition) is 5. The van der Waals surface area contributed by atoms with Crippen molar-refractivity contribution in [2.45, 2.75) is 32.9 Å². The van der Waals surface area contributed by atoms with Gasteiger partial charge in [-0.05, 0) is 30.7 Å². The molecular formula is C23H28FN3O4. The van der Waals surface area contributed by atoms with E-state index in [1.54, 1.807) is 48.2 Å². The maximum atomic E-state index is 13.7. The van der Waals surface area contributed by atoms with Crippen LogP contribution in [0, 0.1) is 11.7 Å². The molecule has 0 saturated carbocycles. The number of pyridine rings is 1. The molecule has 1 aliphatic rings. The molecule has 3 rings (SSSR count).